The van der Waals surface area contributed by atoms with Crippen molar-refractivity contribution in [1.82, 2.24) is 24.5 Å². The van der Waals surface area contributed by atoms with Gasteiger partial charge >= 0.3 is 0 Å². The van der Waals surface area contributed by atoms with E-state index in [0.717, 1.165) is 84.8 Å². The minimum absolute atomic E-state index is 0.289. The number of ether oxygens (including phenoxy) is 2. The van der Waals surface area contributed by atoms with E-state index >= 15 is 0 Å². The van der Waals surface area contributed by atoms with Gasteiger partial charge in [0.1, 0.15) is 30.9 Å². The van der Waals surface area contributed by atoms with E-state index in [2.05, 4.69) is 95.8 Å². The van der Waals surface area contributed by atoms with Crippen LogP contribution < -0.4 is 10.2 Å². The molecule has 0 saturated carbocycles. The predicted molar refractivity (Wildman–Crippen MR) is 217 cm³/mol. The smallest absolute Gasteiger partial charge is 0.167 e. The Morgan fingerprint density at radius 3 is 2.23 bits per heavy atom. The fourth-order valence-electron chi connectivity index (χ4n) is 6.43. The van der Waals surface area contributed by atoms with Crippen LogP contribution in [0, 0.1) is 11.7 Å². The van der Waals surface area contributed by atoms with Gasteiger partial charge in [-0.2, -0.15) is 9.61 Å². The van der Waals surface area contributed by atoms with Crippen molar-refractivity contribution in [2.45, 2.75) is 70.8 Å². The van der Waals surface area contributed by atoms with Gasteiger partial charge in [-0.15, -0.1) is 0 Å². The number of piperidine rings is 1. The highest BCUT2D eigenvalue weighted by Crippen LogP contribution is 2.31. The monoisotopic (exact) mass is 741 g/mol. The molecule has 1 fully saturated rings. The lowest BCUT2D eigenvalue weighted by Crippen LogP contribution is -2.35. The van der Waals surface area contributed by atoms with Gasteiger partial charge in [0.25, 0.3) is 0 Å². The van der Waals surface area contributed by atoms with Gasteiger partial charge in [0.15, 0.2) is 5.65 Å². The zero-order valence-corrected chi connectivity index (χ0v) is 33.9. The Kier molecular flexibility index (Phi) is 12.4. The van der Waals surface area contributed by atoms with E-state index in [4.69, 9.17) is 19.6 Å². The third kappa shape index (κ3) is 10.7. The van der Waals surface area contributed by atoms with Crippen LogP contribution in [0.25, 0.3) is 27.7 Å². The molecule has 12 heteroatoms. The summed E-state index contributed by atoms with van der Waals surface area (Å²) in [5.41, 5.74) is 4.47. The number of halogens is 1. The lowest BCUT2D eigenvalue weighted by molar-refractivity contribution is 0.0943. The molecule has 52 heavy (non-hydrogen) atoms. The van der Waals surface area contributed by atoms with Crippen molar-refractivity contribution < 1.29 is 13.9 Å². The fourth-order valence-corrected chi connectivity index (χ4v) is 7.94. The topological polar surface area (TPSA) is 80.1 Å². The van der Waals surface area contributed by atoms with Crippen LogP contribution in [-0.4, -0.2) is 86.9 Å². The third-order valence-corrected chi connectivity index (χ3v) is 13.2. The molecule has 0 atom stereocenters. The Labute approximate surface area is 310 Å². The summed E-state index contributed by atoms with van der Waals surface area (Å²) in [6.07, 6.45) is 5.91. The number of hydrogen-bond donors (Lipinski definition) is 1. The number of fused-ring (bicyclic) bond motifs is 2. The number of rotatable bonds is 17. The Bertz CT molecular complexity index is 1880. The van der Waals surface area contributed by atoms with Crippen molar-refractivity contribution in [3.8, 4) is 11.1 Å². The highest BCUT2D eigenvalue weighted by Gasteiger charge is 2.23. The second-order valence-electron chi connectivity index (χ2n) is 16.7. The summed E-state index contributed by atoms with van der Waals surface area (Å²) in [5.74, 6) is 1.88. The van der Waals surface area contributed by atoms with Gasteiger partial charge in [-0.05, 0) is 73.8 Å². The molecule has 0 bridgehead atoms. The number of hydrogen-bond acceptors (Lipinski definition) is 8. The normalized spacial score (nSPS) is 14.8. The van der Waals surface area contributed by atoms with Crippen LogP contribution in [0.15, 0.2) is 73.1 Å². The average molecular weight is 742 g/mol. The molecule has 1 aliphatic rings. The molecule has 1 N–H and O–H groups in total. The van der Waals surface area contributed by atoms with E-state index in [9.17, 15) is 4.39 Å². The number of benzene rings is 2. The van der Waals surface area contributed by atoms with Gasteiger partial charge in [0, 0.05) is 71.2 Å². The lowest BCUT2D eigenvalue weighted by Gasteiger charge is -2.32. The van der Waals surface area contributed by atoms with Crippen molar-refractivity contribution in [2.24, 2.45) is 5.92 Å². The Morgan fingerprint density at radius 1 is 0.865 bits per heavy atom. The lowest BCUT2D eigenvalue weighted by atomic mass is 9.96. The molecule has 0 radical (unpaired) electrons. The van der Waals surface area contributed by atoms with Gasteiger partial charge in [-0.1, -0.05) is 69.6 Å². The minimum Gasteiger partial charge on any atom is -0.370 e. The van der Waals surface area contributed by atoms with Crippen molar-refractivity contribution in [3.63, 3.8) is 0 Å². The van der Waals surface area contributed by atoms with Crippen molar-refractivity contribution in [3.05, 3.63) is 84.4 Å². The molecule has 0 aliphatic carbocycles. The van der Waals surface area contributed by atoms with Gasteiger partial charge < -0.3 is 19.7 Å². The first-order valence-electron chi connectivity index (χ1n) is 18.8. The molecule has 278 valence electrons. The predicted octanol–water partition coefficient (Wildman–Crippen LogP) is 8.84. The number of aromatic nitrogens is 4. The highest BCUT2D eigenvalue weighted by atomic mass is 28.3. The summed E-state index contributed by atoms with van der Waals surface area (Å²) in [4.78, 5) is 14.5. The maximum absolute atomic E-state index is 14.2. The average Bonchev–Trinajstić information content (AvgIpc) is 3.54. The number of likely N-dealkylation sites (tertiary alicyclic amines) is 1. The second-order valence-corrected chi connectivity index (χ2v) is 27.9. The van der Waals surface area contributed by atoms with Crippen molar-refractivity contribution in [2.75, 3.05) is 56.5 Å². The first-order valence-corrected chi connectivity index (χ1v) is 26.2. The van der Waals surface area contributed by atoms with E-state index < -0.39 is 16.1 Å². The first kappa shape index (κ1) is 38.1. The summed E-state index contributed by atoms with van der Waals surface area (Å²) < 4.78 is 28.7. The Hall–Kier alpha value is -3.69. The molecule has 2 aromatic carbocycles. The van der Waals surface area contributed by atoms with Crippen molar-refractivity contribution >= 4 is 44.3 Å². The van der Waals surface area contributed by atoms with Gasteiger partial charge in [-0.3, -0.25) is 9.88 Å². The van der Waals surface area contributed by atoms with Crippen LogP contribution in [0.4, 0.5) is 16.0 Å². The molecule has 0 spiro atoms. The zero-order valence-electron chi connectivity index (χ0n) is 31.9. The number of nitrogens with zero attached hydrogens (tertiary/aromatic N) is 6. The van der Waals surface area contributed by atoms with Gasteiger partial charge in [0.2, 0.25) is 0 Å². The molecule has 3 aromatic heterocycles. The minimum atomic E-state index is -1.26. The molecular formula is C40H56FN7O2Si2. The van der Waals surface area contributed by atoms with Crippen LogP contribution in [0.3, 0.4) is 0 Å². The van der Waals surface area contributed by atoms with Crippen LogP contribution in [0.2, 0.25) is 51.4 Å². The SMILES string of the molecule is C[Si](C)(C)CCOCN(COCC[Si](C)(C)C)c1cc(NCC2CCN(Cc3ccccc3)CC2)nc2c(-c3cnc4ccc(F)cc4c3)cnn12. The summed E-state index contributed by atoms with van der Waals surface area (Å²) in [6, 6.07) is 21.6. The van der Waals surface area contributed by atoms with E-state index in [-0.39, 0.29) is 5.82 Å². The number of anilines is 2. The maximum Gasteiger partial charge on any atom is 0.167 e. The standard InChI is InChI=1S/C40H56FN7O2Si2/c1-51(2,3)20-18-49-29-47(30-50-19-21-52(4,5)6)39-24-38(43-25-31-14-16-46(17-15-31)28-32-10-8-7-9-11-32)45-40-36(27-44-48(39)40)34-22-33-23-35(41)12-13-37(33)42-26-34/h7-13,22-24,26-27,31H,14-21,25,28-30H2,1-6H3,(H,43,45). The summed E-state index contributed by atoms with van der Waals surface area (Å²) >= 11 is 0. The fraction of sp³-hybridized carbons (Fsp3) is 0.475. The van der Waals surface area contributed by atoms with Crippen molar-refractivity contribution in [1.29, 1.82) is 0 Å². The molecule has 0 amide bonds. The Balaban J connectivity index is 1.27. The van der Waals surface area contributed by atoms with Crippen LogP contribution >= 0.6 is 0 Å². The highest BCUT2D eigenvalue weighted by molar-refractivity contribution is 6.76. The number of nitrogens with one attached hydrogen (secondary N) is 1. The Morgan fingerprint density at radius 2 is 1.56 bits per heavy atom. The molecule has 5 aromatic rings. The van der Waals surface area contributed by atoms with E-state index in [1.807, 2.05) is 23.0 Å². The quantitative estimate of drug-likeness (QED) is 0.0576. The van der Waals surface area contributed by atoms with Gasteiger partial charge in [0.05, 0.1) is 11.7 Å². The number of pyridine rings is 1. The van der Waals surface area contributed by atoms with Gasteiger partial charge in [-0.25, -0.2) is 9.37 Å². The summed E-state index contributed by atoms with van der Waals surface area (Å²) in [5, 5.41) is 9.31. The van der Waals surface area contributed by atoms with E-state index in [1.165, 1.54) is 17.7 Å². The third-order valence-electron chi connectivity index (χ3n) is 9.75. The summed E-state index contributed by atoms with van der Waals surface area (Å²) in [6.45, 7) is 20.4. The molecule has 6 rings (SSSR count). The van der Waals surface area contributed by atoms with Crippen LogP contribution in [-0.2, 0) is 16.0 Å². The second kappa shape index (κ2) is 17.0. The molecule has 1 aliphatic heterocycles. The zero-order chi connectivity index (χ0) is 36.7. The molecule has 4 heterocycles. The largest absolute Gasteiger partial charge is 0.370 e. The summed E-state index contributed by atoms with van der Waals surface area (Å²) in [7, 11) is -2.53. The maximum atomic E-state index is 14.2. The molecule has 1 saturated heterocycles. The van der Waals surface area contributed by atoms with Crippen LogP contribution in [0.1, 0.15) is 18.4 Å². The van der Waals surface area contributed by atoms with E-state index in [0.29, 0.717) is 38.2 Å². The van der Waals surface area contributed by atoms with E-state index in [1.54, 1.807) is 6.07 Å². The molecule has 0 unspecified atom stereocenters. The first-order chi connectivity index (χ1) is 24.9. The van der Waals surface area contributed by atoms with Crippen LogP contribution in [0.5, 0.6) is 0 Å². The molecular weight excluding hydrogens is 686 g/mol. The molecule has 9 nitrogen and oxygen atoms in total.